The highest BCUT2D eigenvalue weighted by Gasteiger charge is 2.24. The van der Waals surface area contributed by atoms with Gasteiger partial charge in [0.15, 0.2) is 0 Å². The predicted molar refractivity (Wildman–Crippen MR) is 109 cm³/mol. The summed E-state index contributed by atoms with van der Waals surface area (Å²) >= 11 is 0. The zero-order chi connectivity index (χ0) is 19.3. The van der Waals surface area contributed by atoms with E-state index in [9.17, 15) is 4.79 Å². The second-order valence-electron chi connectivity index (χ2n) is 7.30. The van der Waals surface area contributed by atoms with Crippen molar-refractivity contribution in [1.29, 1.82) is 0 Å². The molecule has 6 nitrogen and oxygen atoms in total. The lowest BCUT2D eigenvalue weighted by atomic mass is 9.94. The number of rotatable bonds is 6. The minimum absolute atomic E-state index is 0.123. The van der Waals surface area contributed by atoms with E-state index in [-0.39, 0.29) is 5.91 Å². The van der Waals surface area contributed by atoms with Crippen molar-refractivity contribution >= 4 is 5.91 Å². The van der Waals surface area contributed by atoms with Crippen molar-refractivity contribution in [3.05, 3.63) is 71.7 Å². The Kier molecular flexibility index (Phi) is 5.48. The van der Waals surface area contributed by atoms with Crippen LogP contribution < -0.4 is 5.32 Å². The molecule has 1 aromatic carbocycles. The molecule has 0 radical (unpaired) electrons. The molecule has 2 aromatic heterocycles. The summed E-state index contributed by atoms with van der Waals surface area (Å²) in [6, 6.07) is 14.2. The number of benzene rings is 1. The number of pyridine rings is 1. The summed E-state index contributed by atoms with van der Waals surface area (Å²) in [6.45, 7) is 5.80. The van der Waals surface area contributed by atoms with E-state index in [1.54, 1.807) is 18.5 Å². The Balaban J connectivity index is 1.26. The fourth-order valence-electron chi connectivity index (χ4n) is 3.87. The van der Waals surface area contributed by atoms with Gasteiger partial charge in [0, 0.05) is 37.6 Å². The van der Waals surface area contributed by atoms with Crippen LogP contribution in [-0.4, -0.2) is 52.2 Å². The number of aromatic nitrogens is 3. The van der Waals surface area contributed by atoms with E-state index < -0.39 is 0 Å². The summed E-state index contributed by atoms with van der Waals surface area (Å²) in [7, 11) is 0. The number of hydrogen-bond acceptors (Lipinski definition) is 4. The van der Waals surface area contributed by atoms with Crippen LogP contribution in [0.15, 0.2) is 54.9 Å². The topological polar surface area (TPSA) is 73.9 Å². The molecule has 1 amide bonds. The molecule has 6 heteroatoms. The van der Waals surface area contributed by atoms with Crippen molar-refractivity contribution in [2.75, 3.05) is 26.2 Å². The second-order valence-corrected chi connectivity index (χ2v) is 7.30. The molecular formula is C22H25N5O. The van der Waals surface area contributed by atoms with Gasteiger partial charge >= 0.3 is 0 Å². The Morgan fingerprint density at radius 2 is 2.07 bits per heavy atom. The summed E-state index contributed by atoms with van der Waals surface area (Å²) in [6.07, 6.45) is 4.60. The third-order valence-electron chi connectivity index (χ3n) is 5.41. The van der Waals surface area contributed by atoms with Crippen LogP contribution in [-0.2, 0) is 0 Å². The van der Waals surface area contributed by atoms with Gasteiger partial charge in [0.25, 0.3) is 5.91 Å². The highest BCUT2D eigenvalue weighted by atomic mass is 16.1. The number of carbonyl (C=O) groups excluding carboxylic acids is 1. The quantitative estimate of drug-likeness (QED) is 0.695. The molecule has 1 aliphatic heterocycles. The highest BCUT2D eigenvalue weighted by molar-refractivity contribution is 5.93. The Bertz CT molecular complexity index is 937. The lowest BCUT2D eigenvalue weighted by molar-refractivity contribution is 0.0944. The van der Waals surface area contributed by atoms with Gasteiger partial charge in [0.2, 0.25) is 0 Å². The molecular weight excluding hydrogens is 350 g/mol. The fourth-order valence-corrected chi connectivity index (χ4v) is 3.87. The van der Waals surface area contributed by atoms with Gasteiger partial charge in [-0.25, -0.2) is 0 Å². The average Bonchev–Trinajstić information content (AvgIpc) is 3.39. The van der Waals surface area contributed by atoms with Crippen molar-refractivity contribution in [3.63, 3.8) is 0 Å². The zero-order valence-electron chi connectivity index (χ0n) is 16.1. The molecule has 0 bridgehead atoms. The molecule has 28 heavy (non-hydrogen) atoms. The number of aromatic amines is 1. The Labute approximate surface area is 165 Å². The Morgan fingerprint density at radius 3 is 2.89 bits per heavy atom. The highest BCUT2D eigenvalue weighted by Crippen LogP contribution is 2.28. The number of hydrogen-bond donors (Lipinski definition) is 2. The van der Waals surface area contributed by atoms with E-state index in [0.29, 0.717) is 18.2 Å². The molecule has 144 valence electrons. The molecule has 1 saturated heterocycles. The number of amides is 1. The molecule has 0 spiro atoms. The lowest BCUT2D eigenvalue weighted by Gasteiger charge is -2.17. The van der Waals surface area contributed by atoms with Crippen LogP contribution in [0.1, 0.15) is 34.0 Å². The van der Waals surface area contributed by atoms with Crippen LogP contribution in [0.5, 0.6) is 0 Å². The Morgan fingerprint density at radius 1 is 1.25 bits per heavy atom. The average molecular weight is 375 g/mol. The summed E-state index contributed by atoms with van der Waals surface area (Å²) in [5.41, 5.74) is 4.98. The van der Waals surface area contributed by atoms with E-state index in [0.717, 1.165) is 30.9 Å². The molecule has 0 saturated carbocycles. The van der Waals surface area contributed by atoms with E-state index in [1.807, 2.05) is 12.1 Å². The SMILES string of the molecule is Cc1ccccc1C1CCN(CCNC(=O)c2cc(-c3ccncc3)n[nH]2)C1. The first kappa shape index (κ1) is 18.4. The van der Waals surface area contributed by atoms with Crippen molar-refractivity contribution in [2.45, 2.75) is 19.3 Å². The molecule has 3 aromatic rings. The normalized spacial score (nSPS) is 17.0. The summed E-state index contributed by atoms with van der Waals surface area (Å²) < 4.78 is 0. The first-order chi connectivity index (χ1) is 13.7. The molecule has 4 rings (SSSR count). The van der Waals surface area contributed by atoms with Crippen molar-refractivity contribution < 1.29 is 4.79 Å². The minimum Gasteiger partial charge on any atom is -0.349 e. The Hall–Kier alpha value is -2.99. The van der Waals surface area contributed by atoms with Gasteiger partial charge < -0.3 is 10.2 Å². The smallest absolute Gasteiger partial charge is 0.269 e. The first-order valence-electron chi connectivity index (χ1n) is 9.72. The van der Waals surface area contributed by atoms with Gasteiger partial charge in [-0.15, -0.1) is 0 Å². The summed E-state index contributed by atoms with van der Waals surface area (Å²) in [5.74, 6) is 0.467. The molecule has 1 atom stereocenters. The monoisotopic (exact) mass is 375 g/mol. The van der Waals surface area contributed by atoms with Gasteiger partial charge in [-0.05, 0) is 55.1 Å². The van der Waals surface area contributed by atoms with Crippen LogP contribution >= 0.6 is 0 Å². The third-order valence-corrected chi connectivity index (χ3v) is 5.41. The number of nitrogens with zero attached hydrogens (tertiary/aromatic N) is 3. The third kappa shape index (κ3) is 4.12. The zero-order valence-corrected chi connectivity index (χ0v) is 16.1. The molecule has 1 fully saturated rings. The summed E-state index contributed by atoms with van der Waals surface area (Å²) in [4.78, 5) is 18.8. The number of likely N-dealkylation sites (tertiary alicyclic amines) is 1. The summed E-state index contributed by atoms with van der Waals surface area (Å²) in [5, 5.41) is 10.0. The van der Waals surface area contributed by atoms with Crippen LogP contribution in [0.2, 0.25) is 0 Å². The van der Waals surface area contributed by atoms with E-state index in [1.165, 1.54) is 17.5 Å². The lowest BCUT2D eigenvalue weighted by Crippen LogP contribution is -2.34. The standard InChI is InChI=1S/C22H25N5O/c1-16-4-2-3-5-19(16)18-8-12-27(15-18)13-11-24-22(28)21-14-20(25-26-21)17-6-9-23-10-7-17/h2-7,9-10,14,18H,8,11-13,15H2,1H3,(H,24,28)(H,25,26). The van der Waals surface area contributed by atoms with E-state index >= 15 is 0 Å². The van der Waals surface area contributed by atoms with Crippen LogP contribution in [0, 0.1) is 6.92 Å². The van der Waals surface area contributed by atoms with Crippen LogP contribution in [0.4, 0.5) is 0 Å². The second kappa shape index (κ2) is 8.35. The van der Waals surface area contributed by atoms with Crippen molar-refractivity contribution in [3.8, 4) is 11.3 Å². The van der Waals surface area contributed by atoms with E-state index in [2.05, 4.69) is 56.6 Å². The van der Waals surface area contributed by atoms with Crippen molar-refractivity contribution in [2.24, 2.45) is 0 Å². The molecule has 0 aliphatic carbocycles. The number of carbonyl (C=O) groups is 1. The first-order valence-corrected chi connectivity index (χ1v) is 9.72. The van der Waals surface area contributed by atoms with Gasteiger partial charge in [0.1, 0.15) is 5.69 Å². The molecule has 1 unspecified atom stereocenters. The number of H-pyrrole nitrogens is 1. The molecule has 1 aliphatic rings. The minimum atomic E-state index is -0.123. The number of nitrogens with one attached hydrogen (secondary N) is 2. The van der Waals surface area contributed by atoms with Gasteiger partial charge in [-0.2, -0.15) is 5.10 Å². The van der Waals surface area contributed by atoms with E-state index in [4.69, 9.17) is 0 Å². The van der Waals surface area contributed by atoms with Crippen LogP contribution in [0.25, 0.3) is 11.3 Å². The largest absolute Gasteiger partial charge is 0.349 e. The van der Waals surface area contributed by atoms with Crippen LogP contribution in [0.3, 0.4) is 0 Å². The molecule has 2 N–H and O–H groups in total. The number of aryl methyl sites for hydroxylation is 1. The van der Waals surface area contributed by atoms with Crippen molar-refractivity contribution in [1.82, 2.24) is 25.4 Å². The van der Waals surface area contributed by atoms with Gasteiger partial charge in [-0.3, -0.25) is 14.9 Å². The maximum absolute atomic E-state index is 12.4. The maximum atomic E-state index is 12.4. The fraction of sp³-hybridized carbons (Fsp3) is 0.318. The van der Waals surface area contributed by atoms with Gasteiger partial charge in [-0.1, -0.05) is 24.3 Å². The maximum Gasteiger partial charge on any atom is 0.269 e. The van der Waals surface area contributed by atoms with Gasteiger partial charge in [0.05, 0.1) is 5.69 Å². The predicted octanol–water partition coefficient (Wildman–Crippen LogP) is 3.00. The molecule has 3 heterocycles.